The summed E-state index contributed by atoms with van der Waals surface area (Å²) in [5.74, 6) is 6.03. The van der Waals surface area contributed by atoms with Gasteiger partial charge in [0.15, 0.2) is 0 Å². The topological polar surface area (TPSA) is 80.3 Å². The number of nitrogens with zero attached hydrogens (tertiary/aromatic N) is 1. The summed E-state index contributed by atoms with van der Waals surface area (Å²) in [5.41, 5.74) is 3.31. The van der Waals surface area contributed by atoms with E-state index in [1.54, 1.807) is 12.1 Å². The fourth-order valence-corrected chi connectivity index (χ4v) is 2.99. The third kappa shape index (κ3) is 12.9. The molecule has 2 aliphatic rings. The van der Waals surface area contributed by atoms with E-state index in [1.807, 2.05) is 51.4 Å². The van der Waals surface area contributed by atoms with Gasteiger partial charge in [-0.15, -0.1) is 11.5 Å². The minimum absolute atomic E-state index is 0. The number of aromatic nitrogens is 1. The molecule has 2 aliphatic carbocycles. The van der Waals surface area contributed by atoms with E-state index < -0.39 is 8.07 Å². The van der Waals surface area contributed by atoms with Crippen LogP contribution in [0, 0.1) is 74.7 Å². The van der Waals surface area contributed by atoms with Crippen LogP contribution in [0.25, 0.3) is 0 Å². The normalized spacial score (nSPS) is 15.9. The van der Waals surface area contributed by atoms with Crippen LogP contribution in [0.15, 0.2) is 12.1 Å². The minimum atomic E-state index is -1.17. The second-order valence-corrected chi connectivity index (χ2v) is 12.9. The third-order valence-electron chi connectivity index (χ3n) is 3.79. The summed E-state index contributed by atoms with van der Waals surface area (Å²) in [6, 6.07) is 3.21. The van der Waals surface area contributed by atoms with Crippen molar-refractivity contribution in [3.63, 3.8) is 0 Å². The van der Waals surface area contributed by atoms with Crippen molar-refractivity contribution in [3.8, 4) is 17.2 Å². The summed E-state index contributed by atoms with van der Waals surface area (Å²) >= 11 is 0. The van der Waals surface area contributed by atoms with Crippen LogP contribution in [0.3, 0.4) is 0 Å². The molecule has 0 saturated heterocycles. The molecular formula is C25H29FeN3O3Si+2. The van der Waals surface area contributed by atoms with Gasteiger partial charge in [0.05, 0.1) is 12.5 Å². The molecule has 1 heterocycles. The van der Waals surface area contributed by atoms with Crippen molar-refractivity contribution in [2.24, 2.45) is 0 Å². The Hall–Kier alpha value is -1.81. The average molecular weight is 503 g/mol. The molecular weight excluding hydrogens is 474 g/mol. The summed E-state index contributed by atoms with van der Waals surface area (Å²) in [6.07, 6.45) is 15.9. The number of hydrogen-bond acceptors (Lipinski definition) is 4. The predicted molar refractivity (Wildman–Crippen MR) is 130 cm³/mol. The molecule has 10 radical (unpaired) electrons. The molecule has 1 aromatic rings. The maximum atomic E-state index is 11.1. The Balaban J connectivity index is 0.000000385. The molecule has 0 unspecified atom stereocenters. The Morgan fingerprint density at radius 2 is 1.39 bits per heavy atom. The van der Waals surface area contributed by atoms with Crippen LogP contribution >= 0.6 is 0 Å². The Labute approximate surface area is 210 Å². The maximum Gasteiger partial charge on any atom is 2.00 e. The zero-order chi connectivity index (χ0) is 23.6. The molecule has 2 saturated carbocycles. The second kappa shape index (κ2) is 14.4. The largest absolute Gasteiger partial charge is 2.00 e. The van der Waals surface area contributed by atoms with Gasteiger partial charge < -0.3 is 15.4 Å². The molecule has 1 aromatic heterocycles. The summed E-state index contributed by atoms with van der Waals surface area (Å²) < 4.78 is 5.65. The number of pyridine rings is 1. The molecule has 6 nitrogen and oxygen atoms in total. The fourth-order valence-electron chi connectivity index (χ4n) is 2.47. The number of nitrogens with one attached hydrogen (secondary N) is 2. The van der Waals surface area contributed by atoms with Crippen molar-refractivity contribution in [1.29, 1.82) is 0 Å². The molecule has 0 aromatic carbocycles. The maximum absolute atomic E-state index is 11.1. The van der Waals surface area contributed by atoms with Gasteiger partial charge in [-0.05, 0) is 51.4 Å². The van der Waals surface area contributed by atoms with Gasteiger partial charge in [0, 0.05) is 31.9 Å². The summed E-state index contributed by atoms with van der Waals surface area (Å²) in [6.45, 7) is 9.93. The van der Waals surface area contributed by atoms with E-state index in [0.29, 0.717) is 24.0 Å². The molecule has 0 spiro atoms. The van der Waals surface area contributed by atoms with Crippen molar-refractivity contribution >= 4 is 31.5 Å². The molecule has 33 heavy (non-hydrogen) atoms. The molecule has 0 atom stereocenters. The van der Waals surface area contributed by atoms with Crippen molar-refractivity contribution in [2.75, 3.05) is 17.2 Å². The summed E-state index contributed by atoms with van der Waals surface area (Å²) in [7, 11) is -1.17. The standard InChI is InChI=1S/C15H16N3O3.C10H13Si.Fe/c1-10(19)16-14-7-13(8-15(18-14)17-11(2)20)21-9-12-5-3-4-6-12;1-11(2,3)9-8-10-6-4-5-7-10;/h3-8H,9H2,1-2H3,(H2,16,17,18,19,20);4-7H,1-3H3;/q;;+2. The third-order valence-corrected chi connectivity index (χ3v) is 4.66. The number of carbonyl (C=O) groups is 2. The van der Waals surface area contributed by atoms with Gasteiger partial charge in [0.1, 0.15) is 25.5 Å². The SMILES string of the molecule is CC(=O)Nc1cc(OC[C]2[CH][CH][CH][CH]2)cc(NC(C)=O)n1.C[Si](C)(C)C#C[C]1[CH][CH][CH][CH]1.[Fe+2]. The van der Waals surface area contributed by atoms with Gasteiger partial charge in [0.2, 0.25) is 11.8 Å². The summed E-state index contributed by atoms with van der Waals surface area (Å²) in [5, 5.41) is 5.14. The Morgan fingerprint density at radius 1 is 0.909 bits per heavy atom. The zero-order valence-electron chi connectivity index (χ0n) is 19.5. The van der Waals surface area contributed by atoms with Gasteiger partial charge in [-0.3, -0.25) is 9.59 Å². The average Bonchev–Trinajstić information content (AvgIpc) is 3.37. The molecule has 2 amide bonds. The van der Waals surface area contributed by atoms with E-state index >= 15 is 0 Å². The van der Waals surface area contributed by atoms with Crippen molar-refractivity contribution < 1.29 is 31.4 Å². The van der Waals surface area contributed by atoms with Crippen LogP contribution in [0.4, 0.5) is 11.6 Å². The van der Waals surface area contributed by atoms with Crippen LogP contribution in [-0.4, -0.2) is 31.5 Å². The van der Waals surface area contributed by atoms with Crippen LogP contribution in [-0.2, 0) is 26.7 Å². The first-order valence-corrected chi connectivity index (χ1v) is 13.8. The van der Waals surface area contributed by atoms with Crippen LogP contribution < -0.4 is 15.4 Å². The number of hydrogen-bond donors (Lipinski definition) is 2. The molecule has 2 fully saturated rings. The fraction of sp³-hybridized carbons (Fsp3) is 0.240. The molecule has 2 N–H and O–H groups in total. The van der Waals surface area contributed by atoms with Crippen molar-refractivity contribution in [1.82, 2.24) is 4.98 Å². The molecule has 0 bridgehead atoms. The van der Waals surface area contributed by atoms with Gasteiger partial charge in [-0.1, -0.05) is 19.6 Å². The van der Waals surface area contributed by atoms with E-state index in [1.165, 1.54) is 13.8 Å². The van der Waals surface area contributed by atoms with E-state index in [0.717, 1.165) is 11.8 Å². The molecule has 0 aliphatic heterocycles. The van der Waals surface area contributed by atoms with Gasteiger partial charge >= 0.3 is 17.1 Å². The van der Waals surface area contributed by atoms with Crippen LogP contribution in [0.5, 0.6) is 5.75 Å². The number of carbonyl (C=O) groups excluding carboxylic acids is 2. The Bertz CT molecular complexity index is 799. The van der Waals surface area contributed by atoms with Gasteiger partial charge in [-0.2, -0.15) is 0 Å². The second-order valence-electron chi connectivity index (χ2n) is 8.19. The van der Waals surface area contributed by atoms with Crippen molar-refractivity contribution in [2.45, 2.75) is 33.5 Å². The van der Waals surface area contributed by atoms with E-state index in [2.05, 4.69) is 46.7 Å². The van der Waals surface area contributed by atoms with Crippen molar-refractivity contribution in [3.05, 3.63) is 75.3 Å². The monoisotopic (exact) mass is 503 g/mol. The number of ether oxygens (including phenoxy) is 1. The first-order chi connectivity index (χ1) is 15.1. The summed E-state index contributed by atoms with van der Waals surface area (Å²) in [4.78, 5) is 26.4. The van der Waals surface area contributed by atoms with Crippen LogP contribution in [0.1, 0.15) is 13.8 Å². The smallest absolute Gasteiger partial charge is 0.493 e. The quantitative estimate of drug-likeness (QED) is 0.470. The van der Waals surface area contributed by atoms with E-state index in [9.17, 15) is 9.59 Å². The molecule has 172 valence electrons. The molecule has 3 rings (SSSR count). The number of anilines is 2. The number of rotatable bonds is 5. The first-order valence-electron chi connectivity index (χ1n) is 10.3. The predicted octanol–water partition coefficient (Wildman–Crippen LogP) is 4.05. The Morgan fingerprint density at radius 3 is 1.85 bits per heavy atom. The number of amides is 2. The first kappa shape index (κ1) is 29.2. The zero-order valence-corrected chi connectivity index (χ0v) is 21.6. The van der Waals surface area contributed by atoms with Gasteiger partial charge in [0.25, 0.3) is 0 Å². The van der Waals surface area contributed by atoms with Gasteiger partial charge in [-0.25, -0.2) is 4.98 Å². The van der Waals surface area contributed by atoms with Crippen LogP contribution in [0.2, 0.25) is 19.6 Å². The Kier molecular flexibility index (Phi) is 12.8. The minimum Gasteiger partial charge on any atom is -0.493 e. The van der Waals surface area contributed by atoms with E-state index in [-0.39, 0.29) is 28.9 Å². The molecule has 8 heteroatoms. The van der Waals surface area contributed by atoms with E-state index in [4.69, 9.17) is 4.74 Å².